The Morgan fingerprint density at radius 1 is 0.900 bits per heavy atom. The molecule has 30 heavy (non-hydrogen) atoms. The number of hydrogen-bond donors (Lipinski definition) is 1. The minimum absolute atomic E-state index is 0. The van der Waals surface area contributed by atoms with E-state index >= 15 is 0 Å². The van der Waals surface area contributed by atoms with Gasteiger partial charge in [0.05, 0.1) is 0 Å². The van der Waals surface area contributed by atoms with Gasteiger partial charge >= 0.3 is 0 Å². The van der Waals surface area contributed by atoms with Gasteiger partial charge in [-0.1, -0.05) is 36.4 Å². The van der Waals surface area contributed by atoms with Crippen LogP contribution in [0.2, 0.25) is 0 Å². The lowest BCUT2D eigenvalue weighted by Gasteiger charge is -2.34. The van der Waals surface area contributed by atoms with Gasteiger partial charge in [0.1, 0.15) is 0 Å². The van der Waals surface area contributed by atoms with Gasteiger partial charge in [-0.25, -0.2) is 0 Å². The molecule has 0 atom stereocenters. The van der Waals surface area contributed by atoms with E-state index in [1.54, 1.807) is 6.07 Å². The number of Topliss-reactive ketones (excluding diaryl/α,β-unsaturated/α-hetero) is 1. The topological polar surface area (TPSA) is 69.7 Å². The Hall–Kier alpha value is -2.70. The summed E-state index contributed by atoms with van der Waals surface area (Å²) in [5.41, 5.74) is 3.19. The molecule has 0 aromatic heterocycles. The second kappa shape index (κ2) is 9.87. The molecule has 4 rings (SSSR count). The number of piperazine rings is 1. The van der Waals surface area contributed by atoms with Crippen molar-refractivity contribution < 1.29 is 14.4 Å². The fraction of sp³-hybridized carbons (Fsp3) is 0.348. The van der Waals surface area contributed by atoms with Crippen molar-refractivity contribution in [3.05, 3.63) is 65.2 Å². The van der Waals surface area contributed by atoms with Crippen molar-refractivity contribution in [3.63, 3.8) is 0 Å². The minimum Gasteiger partial charge on any atom is -0.336 e. The maximum absolute atomic E-state index is 12.9. The summed E-state index contributed by atoms with van der Waals surface area (Å²) in [5, 5.41) is 2.86. The van der Waals surface area contributed by atoms with E-state index in [9.17, 15) is 14.4 Å². The van der Waals surface area contributed by atoms with Crippen LogP contribution >= 0.6 is 12.4 Å². The summed E-state index contributed by atoms with van der Waals surface area (Å²) < 4.78 is 0. The standard InChI is InChI=1S/C23H25N3O3.ClH/c27-21(18-4-2-1-3-5-18)10-11-25-12-14-26(15-13-25)23(29)19-7-6-17-8-9-22(28)24-20(17)16-19;/h1-7,16H,8-15H2,(H,24,28);1H. The number of fused-ring (bicyclic) bond motifs is 1. The predicted molar refractivity (Wildman–Crippen MR) is 118 cm³/mol. The molecule has 0 radical (unpaired) electrons. The van der Waals surface area contributed by atoms with E-state index in [1.165, 1.54) is 0 Å². The first-order chi connectivity index (χ1) is 14.1. The molecule has 1 fully saturated rings. The Balaban J connectivity index is 0.00000256. The van der Waals surface area contributed by atoms with Crippen LogP contribution in [-0.2, 0) is 11.2 Å². The molecule has 2 aromatic carbocycles. The molecule has 0 aliphatic carbocycles. The molecule has 2 amide bonds. The van der Waals surface area contributed by atoms with Crippen LogP contribution in [-0.4, -0.2) is 60.1 Å². The molecule has 2 aliphatic rings. The van der Waals surface area contributed by atoms with Crippen LogP contribution in [0.4, 0.5) is 5.69 Å². The average molecular weight is 428 g/mol. The summed E-state index contributed by atoms with van der Waals surface area (Å²) in [6, 6.07) is 14.9. The van der Waals surface area contributed by atoms with Gasteiger partial charge in [0.15, 0.2) is 5.78 Å². The molecule has 0 spiro atoms. The number of benzene rings is 2. The van der Waals surface area contributed by atoms with Gasteiger partial charge in [-0.05, 0) is 24.1 Å². The van der Waals surface area contributed by atoms with Crippen molar-refractivity contribution in [2.24, 2.45) is 0 Å². The molecule has 7 heteroatoms. The second-order valence-corrected chi connectivity index (χ2v) is 7.59. The monoisotopic (exact) mass is 427 g/mol. The number of halogens is 1. The Bertz CT molecular complexity index is 925. The summed E-state index contributed by atoms with van der Waals surface area (Å²) in [4.78, 5) is 40.8. The molecule has 1 N–H and O–H groups in total. The summed E-state index contributed by atoms with van der Waals surface area (Å²) in [7, 11) is 0. The van der Waals surface area contributed by atoms with Crippen LogP contribution in [0.3, 0.4) is 0 Å². The third-order valence-corrected chi connectivity index (χ3v) is 5.66. The third-order valence-electron chi connectivity index (χ3n) is 5.66. The first-order valence-corrected chi connectivity index (χ1v) is 10.1. The van der Waals surface area contributed by atoms with Crippen molar-refractivity contribution >= 4 is 35.7 Å². The number of carbonyl (C=O) groups excluding carboxylic acids is 3. The van der Waals surface area contributed by atoms with Crippen LogP contribution in [0, 0.1) is 0 Å². The SMILES string of the molecule is Cl.O=C1CCc2ccc(C(=O)N3CCN(CCC(=O)c4ccccc4)CC3)cc2N1. The highest BCUT2D eigenvalue weighted by Crippen LogP contribution is 2.24. The smallest absolute Gasteiger partial charge is 0.254 e. The number of nitrogens with zero attached hydrogens (tertiary/aromatic N) is 2. The Kier molecular flexibility index (Phi) is 7.24. The number of ketones is 1. The van der Waals surface area contributed by atoms with Gasteiger partial charge < -0.3 is 10.2 Å². The number of anilines is 1. The molecule has 0 unspecified atom stereocenters. The number of amides is 2. The van der Waals surface area contributed by atoms with Gasteiger partial charge in [0.25, 0.3) is 5.91 Å². The molecular formula is C23H26ClN3O3. The number of aryl methyl sites for hydroxylation is 1. The molecule has 2 aromatic rings. The van der Waals surface area contributed by atoms with E-state index in [0.717, 1.165) is 36.3 Å². The third kappa shape index (κ3) is 5.07. The highest BCUT2D eigenvalue weighted by Gasteiger charge is 2.24. The highest BCUT2D eigenvalue weighted by molar-refractivity contribution is 5.99. The Morgan fingerprint density at radius 3 is 2.37 bits per heavy atom. The lowest BCUT2D eigenvalue weighted by molar-refractivity contribution is -0.116. The zero-order valence-corrected chi connectivity index (χ0v) is 17.6. The van der Waals surface area contributed by atoms with E-state index in [1.807, 2.05) is 47.4 Å². The summed E-state index contributed by atoms with van der Waals surface area (Å²) in [6.07, 6.45) is 1.70. The molecule has 0 bridgehead atoms. The summed E-state index contributed by atoms with van der Waals surface area (Å²) >= 11 is 0. The molecular weight excluding hydrogens is 402 g/mol. The maximum atomic E-state index is 12.9. The normalized spacial score (nSPS) is 16.3. The number of hydrogen-bond acceptors (Lipinski definition) is 4. The van der Waals surface area contributed by atoms with Crippen LogP contribution in [0.1, 0.15) is 39.1 Å². The van der Waals surface area contributed by atoms with Crippen LogP contribution in [0.5, 0.6) is 0 Å². The summed E-state index contributed by atoms with van der Waals surface area (Å²) in [6.45, 7) is 3.51. The highest BCUT2D eigenvalue weighted by atomic mass is 35.5. The predicted octanol–water partition coefficient (Wildman–Crippen LogP) is 3.02. The van der Waals surface area contributed by atoms with E-state index < -0.39 is 0 Å². The Labute approximate surface area is 182 Å². The van der Waals surface area contributed by atoms with Crippen molar-refractivity contribution in [2.45, 2.75) is 19.3 Å². The van der Waals surface area contributed by atoms with Crippen molar-refractivity contribution in [2.75, 3.05) is 38.0 Å². The molecule has 6 nitrogen and oxygen atoms in total. The van der Waals surface area contributed by atoms with Crippen molar-refractivity contribution in [1.29, 1.82) is 0 Å². The fourth-order valence-electron chi connectivity index (χ4n) is 3.89. The van der Waals surface area contributed by atoms with Crippen molar-refractivity contribution in [3.8, 4) is 0 Å². The molecule has 1 saturated heterocycles. The largest absolute Gasteiger partial charge is 0.336 e. The summed E-state index contributed by atoms with van der Waals surface area (Å²) in [5.74, 6) is 0.147. The number of carbonyl (C=O) groups is 3. The minimum atomic E-state index is -0.00682. The van der Waals surface area contributed by atoms with E-state index in [2.05, 4.69) is 10.2 Å². The van der Waals surface area contributed by atoms with Gasteiger partial charge in [-0.2, -0.15) is 0 Å². The van der Waals surface area contributed by atoms with Crippen molar-refractivity contribution in [1.82, 2.24) is 9.80 Å². The number of rotatable bonds is 5. The molecule has 0 saturated carbocycles. The van der Waals surface area contributed by atoms with E-state index in [-0.39, 0.29) is 30.0 Å². The molecule has 158 valence electrons. The van der Waals surface area contributed by atoms with Crippen LogP contribution in [0.15, 0.2) is 48.5 Å². The first kappa shape index (κ1) is 22.0. The van der Waals surface area contributed by atoms with Crippen LogP contribution in [0.25, 0.3) is 0 Å². The van der Waals surface area contributed by atoms with Gasteiger partial charge in [-0.3, -0.25) is 19.3 Å². The van der Waals surface area contributed by atoms with Gasteiger partial charge in [0, 0.05) is 62.4 Å². The lowest BCUT2D eigenvalue weighted by Crippen LogP contribution is -2.49. The lowest BCUT2D eigenvalue weighted by atomic mass is 10.0. The molecule has 2 heterocycles. The quantitative estimate of drug-likeness (QED) is 0.744. The molecule has 2 aliphatic heterocycles. The van der Waals surface area contributed by atoms with Gasteiger partial charge in [0.2, 0.25) is 5.91 Å². The van der Waals surface area contributed by atoms with E-state index in [0.29, 0.717) is 38.0 Å². The van der Waals surface area contributed by atoms with E-state index in [4.69, 9.17) is 0 Å². The van der Waals surface area contributed by atoms with Gasteiger partial charge in [-0.15, -0.1) is 12.4 Å². The zero-order chi connectivity index (χ0) is 20.2. The Morgan fingerprint density at radius 2 is 1.63 bits per heavy atom. The fourth-order valence-corrected chi connectivity index (χ4v) is 3.89. The maximum Gasteiger partial charge on any atom is 0.254 e. The number of nitrogens with one attached hydrogen (secondary N) is 1. The second-order valence-electron chi connectivity index (χ2n) is 7.59. The zero-order valence-electron chi connectivity index (χ0n) is 16.8. The first-order valence-electron chi connectivity index (χ1n) is 10.1. The average Bonchev–Trinajstić information content (AvgIpc) is 2.77. The van der Waals surface area contributed by atoms with Crippen LogP contribution < -0.4 is 5.32 Å².